The van der Waals surface area contributed by atoms with Crippen LogP contribution in [0.4, 0.5) is 5.00 Å². The van der Waals surface area contributed by atoms with E-state index in [4.69, 9.17) is 21.6 Å². The van der Waals surface area contributed by atoms with Crippen molar-refractivity contribution in [3.05, 3.63) is 43.3 Å². The van der Waals surface area contributed by atoms with Crippen LogP contribution >= 0.6 is 45.5 Å². The standard InChI is InChI=1S/C13H8ClIN2O2S/c1-19-11-5-10(15)9(14)4-8(11)12(18)17-13-7(6-16)2-3-20-13/h2-5H,1H3,(H,17,18). The van der Waals surface area contributed by atoms with E-state index >= 15 is 0 Å². The number of halogens is 2. The number of hydrogen-bond acceptors (Lipinski definition) is 4. The summed E-state index contributed by atoms with van der Waals surface area (Å²) in [6, 6.07) is 6.91. The number of anilines is 1. The van der Waals surface area contributed by atoms with E-state index in [1.165, 1.54) is 18.4 Å². The third-order valence-electron chi connectivity index (χ3n) is 2.50. The summed E-state index contributed by atoms with van der Waals surface area (Å²) in [7, 11) is 1.49. The number of ether oxygens (including phenoxy) is 1. The van der Waals surface area contributed by atoms with Crippen molar-refractivity contribution in [3.8, 4) is 11.8 Å². The van der Waals surface area contributed by atoms with Crippen molar-refractivity contribution in [3.63, 3.8) is 0 Å². The smallest absolute Gasteiger partial charge is 0.260 e. The number of methoxy groups -OCH3 is 1. The molecule has 1 aromatic heterocycles. The van der Waals surface area contributed by atoms with Gasteiger partial charge in [0.2, 0.25) is 0 Å². The van der Waals surface area contributed by atoms with Crippen molar-refractivity contribution in [2.24, 2.45) is 0 Å². The van der Waals surface area contributed by atoms with Gasteiger partial charge in [-0.15, -0.1) is 11.3 Å². The van der Waals surface area contributed by atoms with E-state index in [0.29, 0.717) is 26.9 Å². The van der Waals surface area contributed by atoms with Gasteiger partial charge in [-0.3, -0.25) is 4.79 Å². The molecule has 1 N–H and O–H groups in total. The highest BCUT2D eigenvalue weighted by molar-refractivity contribution is 14.1. The number of amides is 1. The first-order valence-corrected chi connectivity index (χ1v) is 7.72. The number of nitrogens with one attached hydrogen (secondary N) is 1. The molecule has 0 radical (unpaired) electrons. The van der Waals surface area contributed by atoms with Gasteiger partial charge in [-0.2, -0.15) is 5.26 Å². The monoisotopic (exact) mass is 418 g/mol. The predicted molar refractivity (Wildman–Crippen MR) is 87.7 cm³/mol. The molecule has 7 heteroatoms. The topological polar surface area (TPSA) is 62.1 Å². The highest BCUT2D eigenvalue weighted by atomic mass is 127. The van der Waals surface area contributed by atoms with Gasteiger partial charge in [-0.1, -0.05) is 11.6 Å². The zero-order valence-corrected chi connectivity index (χ0v) is 14.0. The number of carbonyl (C=O) groups excluding carboxylic acids is 1. The number of carbonyl (C=O) groups is 1. The molecule has 0 saturated heterocycles. The van der Waals surface area contributed by atoms with E-state index in [0.717, 1.165) is 3.57 Å². The maximum Gasteiger partial charge on any atom is 0.260 e. The molecular weight excluding hydrogens is 411 g/mol. The number of thiophene rings is 1. The molecular formula is C13H8ClIN2O2S. The molecule has 0 bridgehead atoms. The molecule has 0 aliphatic heterocycles. The highest BCUT2D eigenvalue weighted by Gasteiger charge is 2.17. The van der Waals surface area contributed by atoms with E-state index in [-0.39, 0.29) is 5.91 Å². The van der Waals surface area contributed by atoms with Gasteiger partial charge in [-0.05, 0) is 46.2 Å². The second-order valence-electron chi connectivity index (χ2n) is 3.70. The van der Waals surface area contributed by atoms with Crippen LogP contribution in [0.25, 0.3) is 0 Å². The van der Waals surface area contributed by atoms with Gasteiger partial charge < -0.3 is 10.1 Å². The number of nitriles is 1. The molecule has 20 heavy (non-hydrogen) atoms. The summed E-state index contributed by atoms with van der Waals surface area (Å²) in [6.45, 7) is 0. The lowest BCUT2D eigenvalue weighted by molar-refractivity contribution is 0.102. The van der Waals surface area contributed by atoms with Crippen molar-refractivity contribution in [2.75, 3.05) is 12.4 Å². The van der Waals surface area contributed by atoms with E-state index < -0.39 is 0 Å². The van der Waals surface area contributed by atoms with Crippen molar-refractivity contribution in [1.29, 1.82) is 5.26 Å². The molecule has 0 aliphatic rings. The van der Waals surface area contributed by atoms with Crippen LogP contribution < -0.4 is 10.1 Å². The number of rotatable bonds is 3. The van der Waals surface area contributed by atoms with Crippen LogP contribution in [-0.4, -0.2) is 13.0 Å². The Morgan fingerprint density at radius 1 is 1.55 bits per heavy atom. The fourth-order valence-electron chi connectivity index (χ4n) is 1.54. The van der Waals surface area contributed by atoms with Crippen LogP contribution in [0, 0.1) is 14.9 Å². The summed E-state index contributed by atoms with van der Waals surface area (Å²) in [5, 5.41) is 14.4. The Morgan fingerprint density at radius 2 is 2.30 bits per heavy atom. The number of hydrogen-bond donors (Lipinski definition) is 1. The lowest BCUT2D eigenvalue weighted by Gasteiger charge is -2.10. The van der Waals surface area contributed by atoms with Gasteiger partial charge in [0, 0.05) is 3.57 Å². The molecule has 102 valence electrons. The minimum absolute atomic E-state index is 0.329. The first kappa shape index (κ1) is 15.1. The van der Waals surface area contributed by atoms with Gasteiger partial charge in [0.1, 0.15) is 16.8 Å². The zero-order chi connectivity index (χ0) is 14.7. The molecule has 1 aromatic carbocycles. The van der Waals surface area contributed by atoms with E-state index in [1.54, 1.807) is 23.6 Å². The van der Waals surface area contributed by atoms with Gasteiger partial charge in [0.25, 0.3) is 5.91 Å². The molecule has 0 unspecified atom stereocenters. The number of benzene rings is 1. The summed E-state index contributed by atoms with van der Waals surface area (Å²) >= 11 is 9.39. The van der Waals surface area contributed by atoms with Crippen molar-refractivity contribution in [2.45, 2.75) is 0 Å². The Hall–Kier alpha value is -1.30. The van der Waals surface area contributed by atoms with Gasteiger partial charge in [0.15, 0.2) is 0 Å². The summed E-state index contributed by atoms with van der Waals surface area (Å²) in [4.78, 5) is 12.3. The van der Waals surface area contributed by atoms with Crippen LogP contribution in [0.2, 0.25) is 5.02 Å². The van der Waals surface area contributed by atoms with Crippen LogP contribution in [0.5, 0.6) is 5.75 Å². The molecule has 0 fully saturated rings. The molecule has 0 spiro atoms. The van der Waals surface area contributed by atoms with Gasteiger partial charge >= 0.3 is 0 Å². The van der Waals surface area contributed by atoms with E-state index in [9.17, 15) is 4.79 Å². The second kappa shape index (κ2) is 6.43. The van der Waals surface area contributed by atoms with Crippen LogP contribution in [-0.2, 0) is 0 Å². The largest absolute Gasteiger partial charge is 0.496 e. The van der Waals surface area contributed by atoms with Crippen LogP contribution in [0.15, 0.2) is 23.6 Å². The Labute approximate surface area is 138 Å². The molecule has 1 amide bonds. The normalized spacial score (nSPS) is 9.90. The molecule has 2 aromatic rings. The maximum absolute atomic E-state index is 12.3. The molecule has 0 saturated carbocycles. The second-order valence-corrected chi connectivity index (χ2v) is 6.18. The molecule has 1 heterocycles. The molecule has 0 aliphatic carbocycles. The lowest BCUT2D eigenvalue weighted by atomic mass is 10.2. The van der Waals surface area contributed by atoms with Crippen molar-refractivity contribution < 1.29 is 9.53 Å². The molecule has 0 atom stereocenters. The zero-order valence-electron chi connectivity index (χ0n) is 10.2. The maximum atomic E-state index is 12.3. The third-order valence-corrected chi connectivity index (χ3v) is 4.85. The summed E-state index contributed by atoms with van der Waals surface area (Å²) in [5.74, 6) is 0.0745. The average Bonchev–Trinajstić information content (AvgIpc) is 2.88. The first-order chi connectivity index (χ1) is 9.56. The minimum Gasteiger partial charge on any atom is -0.496 e. The summed E-state index contributed by atoms with van der Waals surface area (Å²) in [5.41, 5.74) is 0.758. The predicted octanol–water partition coefficient (Wildman–Crippen LogP) is 4.14. The summed E-state index contributed by atoms with van der Waals surface area (Å²) < 4.78 is 5.99. The third kappa shape index (κ3) is 3.06. The lowest BCUT2D eigenvalue weighted by Crippen LogP contribution is -2.13. The number of nitrogens with zero attached hydrogens (tertiary/aromatic N) is 1. The van der Waals surface area contributed by atoms with Crippen LogP contribution in [0.1, 0.15) is 15.9 Å². The Morgan fingerprint density at radius 3 is 2.95 bits per heavy atom. The molecule has 4 nitrogen and oxygen atoms in total. The Balaban J connectivity index is 2.35. The Bertz CT molecular complexity index is 709. The van der Waals surface area contributed by atoms with Crippen molar-refractivity contribution in [1.82, 2.24) is 0 Å². The van der Waals surface area contributed by atoms with Crippen LogP contribution in [0.3, 0.4) is 0 Å². The van der Waals surface area contributed by atoms with E-state index in [2.05, 4.69) is 27.9 Å². The highest BCUT2D eigenvalue weighted by Crippen LogP contribution is 2.30. The fourth-order valence-corrected chi connectivity index (χ4v) is 2.87. The average molecular weight is 419 g/mol. The van der Waals surface area contributed by atoms with Gasteiger partial charge in [-0.25, -0.2) is 0 Å². The quantitative estimate of drug-likeness (QED) is 0.762. The van der Waals surface area contributed by atoms with Crippen molar-refractivity contribution >= 4 is 56.4 Å². The minimum atomic E-state index is -0.362. The first-order valence-electron chi connectivity index (χ1n) is 5.38. The fraction of sp³-hybridized carbons (Fsp3) is 0.0769. The summed E-state index contributed by atoms with van der Waals surface area (Å²) in [6.07, 6.45) is 0. The van der Waals surface area contributed by atoms with E-state index in [1.807, 2.05) is 6.07 Å². The van der Waals surface area contributed by atoms with Gasteiger partial charge in [0.05, 0.1) is 23.3 Å². The SMILES string of the molecule is COc1cc(I)c(Cl)cc1C(=O)Nc1sccc1C#N. The molecule has 2 rings (SSSR count). The Kier molecular flexibility index (Phi) is 4.86.